The largest absolute Gasteiger partial charge is 0.385 e. The molecule has 1 aromatic carbocycles. The van der Waals surface area contributed by atoms with E-state index in [-0.39, 0.29) is 5.82 Å². The van der Waals surface area contributed by atoms with Gasteiger partial charge in [0, 0.05) is 18.8 Å². The lowest BCUT2D eigenvalue weighted by molar-refractivity contribution is 0.0389. The van der Waals surface area contributed by atoms with Gasteiger partial charge in [0.05, 0.1) is 10.6 Å². The van der Waals surface area contributed by atoms with Crippen LogP contribution in [0.1, 0.15) is 23.1 Å². The molecule has 0 amide bonds. The predicted molar refractivity (Wildman–Crippen MR) is 71.6 cm³/mol. The first-order valence-electron chi connectivity index (χ1n) is 6.19. The summed E-state index contributed by atoms with van der Waals surface area (Å²) >= 11 is 6.08. The summed E-state index contributed by atoms with van der Waals surface area (Å²) in [7, 11) is 0. The Morgan fingerprint density at radius 1 is 1.37 bits per heavy atom. The number of halogens is 2. The van der Waals surface area contributed by atoms with E-state index >= 15 is 0 Å². The molecule has 1 aromatic heterocycles. The molecule has 2 aromatic rings. The molecule has 98 valence electrons. The van der Waals surface area contributed by atoms with Gasteiger partial charge in [-0.1, -0.05) is 23.7 Å². The van der Waals surface area contributed by atoms with Gasteiger partial charge in [-0.2, -0.15) is 0 Å². The molecule has 1 aliphatic rings. The molecule has 1 unspecified atom stereocenters. The van der Waals surface area contributed by atoms with Gasteiger partial charge in [-0.05, 0) is 41.7 Å². The highest BCUT2D eigenvalue weighted by Crippen LogP contribution is 2.41. The molecule has 0 saturated heterocycles. The summed E-state index contributed by atoms with van der Waals surface area (Å²) in [5, 5.41) is 11.3. The summed E-state index contributed by atoms with van der Waals surface area (Å²) < 4.78 is 13.7. The first-order chi connectivity index (χ1) is 9.10. The fourth-order valence-electron chi connectivity index (χ4n) is 2.76. The van der Waals surface area contributed by atoms with E-state index in [2.05, 4.69) is 4.98 Å². The molecule has 1 aliphatic carbocycles. The standard InChI is InChI=1S/C15H13ClFNO/c16-13-9-18-7-5-10(13)8-15(19)6-4-11-12(15)2-1-3-14(11)17/h1-3,5,7,9,19H,4,6,8H2. The van der Waals surface area contributed by atoms with Gasteiger partial charge in [0.2, 0.25) is 0 Å². The molecule has 1 heterocycles. The Labute approximate surface area is 115 Å². The molecule has 1 N–H and O–H groups in total. The van der Waals surface area contributed by atoms with Gasteiger partial charge in [0.1, 0.15) is 5.82 Å². The Morgan fingerprint density at radius 3 is 3.00 bits per heavy atom. The monoisotopic (exact) mass is 277 g/mol. The number of nitrogens with zero attached hydrogens (tertiary/aromatic N) is 1. The second-order valence-electron chi connectivity index (χ2n) is 4.94. The van der Waals surface area contributed by atoms with E-state index in [0.717, 1.165) is 5.56 Å². The van der Waals surface area contributed by atoms with Crippen LogP contribution < -0.4 is 0 Å². The maximum Gasteiger partial charge on any atom is 0.126 e. The Balaban J connectivity index is 1.99. The third kappa shape index (κ3) is 2.13. The molecule has 0 spiro atoms. The lowest BCUT2D eigenvalue weighted by Gasteiger charge is -2.24. The van der Waals surface area contributed by atoms with E-state index in [4.69, 9.17) is 11.6 Å². The fraction of sp³-hybridized carbons (Fsp3) is 0.267. The van der Waals surface area contributed by atoms with E-state index in [0.29, 0.717) is 35.4 Å². The maximum atomic E-state index is 13.7. The molecular formula is C15H13ClFNO. The smallest absolute Gasteiger partial charge is 0.126 e. The van der Waals surface area contributed by atoms with Crippen LogP contribution in [0.4, 0.5) is 4.39 Å². The van der Waals surface area contributed by atoms with E-state index in [1.54, 1.807) is 30.6 Å². The summed E-state index contributed by atoms with van der Waals surface area (Å²) in [6, 6.07) is 6.65. The fourth-order valence-corrected chi connectivity index (χ4v) is 2.95. The molecule has 2 nitrogen and oxygen atoms in total. The van der Waals surface area contributed by atoms with Crippen molar-refractivity contribution in [2.45, 2.75) is 24.9 Å². The minimum Gasteiger partial charge on any atom is -0.385 e. The summed E-state index contributed by atoms with van der Waals surface area (Å²) in [5.41, 5.74) is 1.09. The molecule has 19 heavy (non-hydrogen) atoms. The number of rotatable bonds is 2. The zero-order chi connectivity index (χ0) is 13.5. The van der Waals surface area contributed by atoms with Crippen LogP contribution in [0.3, 0.4) is 0 Å². The Morgan fingerprint density at radius 2 is 2.21 bits per heavy atom. The molecule has 0 bridgehead atoms. The van der Waals surface area contributed by atoms with Crippen molar-refractivity contribution >= 4 is 11.6 Å². The van der Waals surface area contributed by atoms with Gasteiger partial charge in [0.25, 0.3) is 0 Å². The lowest BCUT2D eigenvalue weighted by atomic mass is 9.89. The zero-order valence-electron chi connectivity index (χ0n) is 10.2. The molecule has 0 aliphatic heterocycles. The average Bonchev–Trinajstić information content (AvgIpc) is 2.72. The van der Waals surface area contributed by atoms with Gasteiger partial charge in [-0.3, -0.25) is 4.98 Å². The van der Waals surface area contributed by atoms with Crippen LogP contribution >= 0.6 is 11.6 Å². The van der Waals surface area contributed by atoms with Crippen molar-refractivity contribution in [1.29, 1.82) is 0 Å². The Hall–Kier alpha value is -1.45. The molecule has 0 fully saturated rings. The summed E-state index contributed by atoms with van der Waals surface area (Å²) in [6.45, 7) is 0. The van der Waals surface area contributed by atoms with Crippen molar-refractivity contribution in [3.8, 4) is 0 Å². The maximum absolute atomic E-state index is 13.7. The highest BCUT2D eigenvalue weighted by atomic mass is 35.5. The van der Waals surface area contributed by atoms with Crippen LogP contribution in [-0.4, -0.2) is 10.1 Å². The zero-order valence-corrected chi connectivity index (χ0v) is 11.0. The number of aromatic nitrogens is 1. The number of pyridine rings is 1. The predicted octanol–water partition coefficient (Wildman–Crippen LogP) is 3.25. The highest BCUT2D eigenvalue weighted by Gasteiger charge is 2.38. The minimum atomic E-state index is -1.04. The summed E-state index contributed by atoms with van der Waals surface area (Å²) in [5.74, 6) is -0.241. The number of hydrogen-bond acceptors (Lipinski definition) is 2. The number of hydrogen-bond donors (Lipinski definition) is 1. The molecule has 0 saturated carbocycles. The van der Waals surface area contributed by atoms with Gasteiger partial charge < -0.3 is 5.11 Å². The van der Waals surface area contributed by atoms with Crippen molar-refractivity contribution < 1.29 is 9.50 Å². The average molecular weight is 278 g/mol. The second-order valence-corrected chi connectivity index (χ2v) is 5.35. The molecular weight excluding hydrogens is 265 g/mol. The first-order valence-corrected chi connectivity index (χ1v) is 6.56. The quantitative estimate of drug-likeness (QED) is 0.914. The van der Waals surface area contributed by atoms with Crippen LogP contribution in [-0.2, 0) is 18.4 Å². The van der Waals surface area contributed by atoms with E-state index < -0.39 is 5.60 Å². The number of fused-ring (bicyclic) bond motifs is 1. The summed E-state index contributed by atoms with van der Waals surface area (Å²) in [6.07, 6.45) is 4.65. The number of benzene rings is 1. The van der Waals surface area contributed by atoms with Crippen LogP contribution in [0.5, 0.6) is 0 Å². The van der Waals surface area contributed by atoms with Crippen molar-refractivity contribution in [3.63, 3.8) is 0 Å². The van der Waals surface area contributed by atoms with E-state index in [1.807, 2.05) is 0 Å². The van der Waals surface area contributed by atoms with Crippen molar-refractivity contribution in [2.24, 2.45) is 0 Å². The molecule has 1 atom stereocenters. The third-order valence-corrected chi connectivity index (χ3v) is 4.09. The van der Waals surface area contributed by atoms with E-state index in [1.165, 1.54) is 6.07 Å². The third-order valence-electron chi connectivity index (χ3n) is 3.75. The topological polar surface area (TPSA) is 33.1 Å². The van der Waals surface area contributed by atoms with E-state index in [9.17, 15) is 9.50 Å². The minimum absolute atomic E-state index is 0.241. The van der Waals surface area contributed by atoms with Gasteiger partial charge in [0.15, 0.2) is 0 Å². The first kappa shape index (κ1) is 12.6. The van der Waals surface area contributed by atoms with Crippen molar-refractivity contribution in [3.05, 3.63) is 64.2 Å². The summed E-state index contributed by atoms with van der Waals surface area (Å²) in [4.78, 5) is 3.93. The van der Waals surface area contributed by atoms with Crippen molar-refractivity contribution in [2.75, 3.05) is 0 Å². The van der Waals surface area contributed by atoms with Gasteiger partial charge >= 0.3 is 0 Å². The van der Waals surface area contributed by atoms with Crippen LogP contribution in [0.15, 0.2) is 36.7 Å². The SMILES string of the molecule is OC1(Cc2ccncc2Cl)CCc2c(F)cccc21. The lowest BCUT2D eigenvalue weighted by Crippen LogP contribution is -2.25. The van der Waals surface area contributed by atoms with Crippen molar-refractivity contribution in [1.82, 2.24) is 4.98 Å². The number of aliphatic hydroxyl groups is 1. The van der Waals surface area contributed by atoms with Gasteiger partial charge in [-0.25, -0.2) is 4.39 Å². The Bertz CT molecular complexity index is 631. The van der Waals surface area contributed by atoms with Crippen LogP contribution in [0.25, 0.3) is 0 Å². The van der Waals surface area contributed by atoms with Crippen LogP contribution in [0, 0.1) is 5.82 Å². The normalized spacial score (nSPS) is 21.4. The van der Waals surface area contributed by atoms with Crippen LogP contribution in [0.2, 0.25) is 5.02 Å². The highest BCUT2D eigenvalue weighted by molar-refractivity contribution is 6.31. The second kappa shape index (κ2) is 4.58. The molecule has 4 heteroatoms. The Kier molecular flexibility index (Phi) is 3.03. The molecule has 3 rings (SSSR count). The van der Waals surface area contributed by atoms with Gasteiger partial charge in [-0.15, -0.1) is 0 Å². The molecule has 0 radical (unpaired) electrons.